The average molecular weight is 492 g/mol. The second kappa shape index (κ2) is 11.0. The lowest BCUT2D eigenvalue weighted by Gasteiger charge is -2.29. The molecule has 6 nitrogen and oxygen atoms in total. The Morgan fingerprint density at radius 3 is 2.40 bits per heavy atom. The summed E-state index contributed by atoms with van der Waals surface area (Å²) in [5, 5.41) is 4.06. The van der Waals surface area contributed by atoms with Gasteiger partial charge in [0.05, 0.1) is 12.6 Å². The van der Waals surface area contributed by atoms with Gasteiger partial charge in [-0.2, -0.15) is 11.3 Å². The molecular weight excluding hydrogens is 462 g/mol. The highest BCUT2D eigenvalue weighted by Gasteiger charge is 2.52. The van der Waals surface area contributed by atoms with Crippen LogP contribution in [0.3, 0.4) is 0 Å². The topological polar surface area (TPSA) is 72.9 Å². The number of anilines is 1. The van der Waals surface area contributed by atoms with Crippen LogP contribution < -0.4 is 9.64 Å². The minimum Gasteiger partial charge on any atom is -0.491 e. The van der Waals surface area contributed by atoms with E-state index in [-0.39, 0.29) is 18.1 Å². The molecule has 2 atom stereocenters. The average Bonchev–Trinajstić information content (AvgIpc) is 3.47. The lowest BCUT2D eigenvalue weighted by Crippen LogP contribution is -2.31. The van der Waals surface area contributed by atoms with Crippen LogP contribution in [0, 0.1) is 11.8 Å². The van der Waals surface area contributed by atoms with Crippen LogP contribution in [0.5, 0.6) is 5.75 Å². The first-order valence-corrected chi connectivity index (χ1v) is 12.6. The number of benzene rings is 2. The molecule has 1 aromatic heterocycles. The SMILES string of the molecule is COCCOc1ccccc1C1C(C(=O)CC(C)C)C(=O)C(=O)N1c1ccc(-c2ccsc2)cc1. The van der Waals surface area contributed by atoms with E-state index in [9.17, 15) is 14.4 Å². The molecule has 0 spiro atoms. The Bertz CT molecular complexity index is 1190. The van der Waals surface area contributed by atoms with E-state index in [0.717, 1.165) is 11.1 Å². The normalized spacial score (nSPS) is 17.9. The molecule has 2 heterocycles. The third-order valence-corrected chi connectivity index (χ3v) is 6.73. The summed E-state index contributed by atoms with van der Waals surface area (Å²) in [5.41, 5.74) is 3.30. The first kappa shape index (κ1) is 24.8. The van der Waals surface area contributed by atoms with Crippen molar-refractivity contribution in [3.8, 4) is 16.9 Å². The van der Waals surface area contributed by atoms with Crippen LogP contribution in [0.1, 0.15) is 31.9 Å². The smallest absolute Gasteiger partial charge is 0.295 e. The molecule has 4 rings (SSSR count). The lowest BCUT2D eigenvalue weighted by molar-refractivity contribution is -0.139. The number of para-hydroxylation sites is 1. The highest BCUT2D eigenvalue weighted by molar-refractivity contribution is 7.08. The predicted molar refractivity (Wildman–Crippen MR) is 137 cm³/mol. The zero-order valence-electron chi connectivity index (χ0n) is 20.1. The fourth-order valence-electron chi connectivity index (χ4n) is 4.45. The Labute approximate surface area is 209 Å². The Morgan fingerprint density at radius 1 is 1.00 bits per heavy atom. The summed E-state index contributed by atoms with van der Waals surface area (Å²) >= 11 is 1.61. The number of ether oxygens (including phenoxy) is 2. The maximum atomic E-state index is 13.3. The third kappa shape index (κ3) is 5.21. The molecule has 1 amide bonds. The summed E-state index contributed by atoms with van der Waals surface area (Å²) in [6.45, 7) is 4.55. The Kier molecular flexibility index (Phi) is 7.78. The van der Waals surface area contributed by atoms with Crippen molar-refractivity contribution in [3.63, 3.8) is 0 Å². The van der Waals surface area contributed by atoms with E-state index in [1.165, 1.54) is 4.90 Å². The highest BCUT2D eigenvalue weighted by Crippen LogP contribution is 2.44. The summed E-state index contributed by atoms with van der Waals surface area (Å²) in [7, 11) is 1.59. The van der Waals surface area contributed by atoms with E-state index in [2.05, 4.69) is 5.38 Å². The number of carbonyl (C=O) groups excluding carboxylic acids is 3. The molecule has 1 fully saturated rings. The Balaban J connectivity index is 1.78. The van der Waals surface area contributed by atoms with E-state index in [1.807, 2.05) is 67.8 Å². The van der Waals surface area contributed by atoms with Crippen LogP contribution in [0.4, 0.5) is 5.69 Å². The molecule has 0 aliphatic carbocycles. The van der Waals surface area contributed by atoms with Gasteiger partial charge in [-0.1, -0.05) is 44.2 Å². The van der Waals surface area contributed by atoms with Gasteiger partial charge < -0.3 is 9.47 Å². The Morgan fingerprint density at radius 2 is 1.74 bits per heavy atom. The van der Waals surface area contributed by atoms with Crippen LogP contribution >= 0.6 is 11.3 Å². The van der Waals surface area contributed by atoms with Gasteiger partial charge >= 0.3 is 0 Å². The molecule has 0 radical (unpaired) electrons. The van der Waals surface area contributed by atoms with Crippen molar-refractivity contribution in [3.05, 3.63) is 70.9 Å². The predicted octanol–water partition coefficient (Wildman–Crippen LogP) is 5.33. The van der Waals surface area contributed by atoms with Crippen molar-refractivity contribution in [1.82, 2.24) is 0 Å². The fraction of sp³-hybridized carbons (Fsp3) is 0.321. The largest absolute Gasteiger partial charge is 0.491 e. The summed E-state index contributed by atoms with van der Waals surface area (Å²) in [6, 6.07) is 16.0. The van der Waals surface area contributed by atoms with Gasteiger partial charge in [-0.05, 0) is 52.1 Å². The second-order valence-corrected chi connectivity index (χ2v) is 9.74. The molecule has 2 aromatic carbocycles. The molecule has 1 aliphatic rings. The minimum atomic E-state index is -1.09. The molecule has 0 saturated carbocycles. The van der Waals surface area contributed by atoms with E-state index in [4.69, 9.17) is 9.47 Å². The van der Waals surface area contributed by atoms with E-state index in [0.29, 0.717) is 30.2 Å². The number of Topliss-reactive ketones (excluding diaryl/α,β-unsaturated/α-hetero) is 2. The second-order valence-electron chi connectivity index (χ2n) is 8.96. The van der Waals surface area contributed by atoms with Gasteiger partial charge in [0.1, 0.15) is 24.1 Å². The number of amides is 1. The van der Waals surface area contributed by atoms with Gasteiger partial charge in [-0.15, -0.1) is 0 Å². The number of hydrogen-bond donors (Lipinski definition) is 0. The standard InChI is InChI=1S/C28H29NO5S/c1-18(2)16-23(30)25-26(22-6-4-5-7-24(22)34-14-13-33-3)29(28(32)27(25)31)21-10-8-19(9-11-21)20-12-15-35-17-20/h4-12,15,17-18,25-26H,13-14,16H2,1-3H3. The molecule has 7 heteroatoms. The van der Waals surface area contributed by atoms with Gasteiger partial charge in [-0.3, -0.25) is 19.3 Å². The monoisotopic (exact) mass is 491 g/mol. The van der Waals surface area contributed by atoms with Gasteiger partial charge in [0.15, 0.2) is 0 Å². The molecule has 0 N–H and O–H groups in total. The zero-order chi connectivity index (χ0) is 24.9. The third-order valence-electron chi connectivity index (χ3n) is 6.04. The van der Waals surface area contributed by atoms with Crippen molar-refractivity contribution >= 4 is 34.5 Å². The number of methoxy groups -OCH3 is 1. The van der Waals surface area contributed by atoms with Crippen LogP contribution in [-0.2, 0) is 19.1 Å². The van der Waals surface area contributed by atoms with Crippen LogP contribution in [-0.4, -0.2) is 37.8 Å². The summed E-state index contributed by atoms with van der Waals surface area (Å²) in [5.74, 6) is -2.07. The maximum absolute atomic E-state index is 13.3. The highest BCUT2D eigenvalue weighted by atomic mass is 32.1. The summed E-state index contributed by atoms with van der Waals surface area (Å²) in [6.07, 6.45) is 0.220. The summed E-state index contributed by atoms with van der Waals surface area (Å²) < 4.78 is 11.0. The van der Waals surface area contributed by atoms with Gasteiger partial charge in [0.2, 0.25) is 5.78 Å². The molecule has 182 valence electrons. The first-order valence-electron chi connectivity index (χ1n) is 11.7. The lowest BCUT2D eigenvalue weighted by atomic mass is 9.85. The van der Waals surface area contributed by atoms with Crippen LogP contribution in [0.25, 0.3) is 11.1 Å². The molecule has 35 heavy (non-hydrogen) atoms. The molecule has 0 bridgehead atoms. The zero-order valence-corrected chi connectivity index (χ0v) is 20.9. The van der Waals surface area contributed by atoms with Gasteiger partial charge in [0, 0.05) is 24.8 Å². The molecule has 2 unspecified atom stereocenters. The van der Waals surface area contributed by atoms with Gasteiger partial charge in [-0.25, -0.2) is 0 Å². The number of rotatable bonds is 10. The van der Waals surface area contributed by atoms with Gasteiger partial charge in [0.25, 0.3) is 5.91 Å². The Hall–Kier alpha value is -3.29. The molecule has 1 saturated heterocycles. The molecule has 1 aliphatic heterocycles. The fourth-order valence-corrected chi connectivity index (χ4v) is 5.12. The van der Waals surface area contributed by atoms with Crippen LogP contribution in [0.15, 0.2) is 65.4 Å². The van der Waals surface area contributed by atoms with Crippen LogP contribution in [0.2, 0.25) is 0 Å². The van der Waals surface area contributed by atoms with Crippen molar-refractivity contribution in [2.24, 2.45) is 11.8 Å². The summed E-state index contributed by atoms with van der Waals surface area (Å²) in [4.78, 5) is 41.3. The number of thiophene rings is 1. The number of nitrogens with zero attached hydrogens (tertiary/aromatic N) is 1. The quantitative estimate of drug-likeness (QED) is 0.218. The first-order chi connectivity index (χ1) is 16.9. The van der Waals surface area contributed by atoms with Crippen molar-refractivity contribution < 1.29 is 23.9 Å². The van der Waals surface area contributed by atoms with Crippen molar-refractivity contribution in [1.29, 1.82) is 0 Å². The van der Waals surface area contributed by atoms with E-state index in [1.54, 1.807) is 24.5 Å². The maximum Gasteiger partial charge on any atom is 0.295 e. The minimum absolute atomic E-state index is 0.0678. The van der Waals surface area contributed by atoms with E-state index < -0.39 is 23.7 Å². The number of hydrogen-bond acceptors (Lipinski definition) is 6. The van der Waals surface area contributed by atoms with Crippen molar-refractivity contribution in [2.75, 3.05) is 25.2 Å². The molecule has 3 aromatic rings. The van der Waals surface area contributed by atoms with E-state index >= 15 is 0 Å². The number of ketones is 2. The van der Waals surface area contributed by atoms with Crippen molar-refractivity contribution in [2.45, 2.75) is 26.3 Å². The number of carbonyl (C=O) groups is 3. The molecular formula is C28H29NO5S.